The Morgan fingerprint density at radius 1 is 1.34 bits per heavy atom. The van der Waals surface area contributed by atoms with Crippen LogP contribution < -0.4 is 9.47 Å². The molecule has 1 saturated heterocycles. The Morgan fingerprint density at radius 2 is 2.10 bits per heavy atom. The Morgan fingerprint density at radius 3 is 2.79 bits per heavy atom. The molecule has 6 heteroatoms. The van der Waals surface area contributed by atoms with Crippen LogP contribution in [0.2, 0.25) is 0 Å². The molecule has 1 aromatic rings. The Bertz CT molecular complexity index is 909. The van der Waals surface area contributed by atoms with Crippen molar-refractivity contribution >= 4 is 11.8 Å². The molecule has 0 bridgehead atoms. The van der Waals surface area contributed by atoms with E-state index in [-0.39, 0.29) is 5.78 Å². The molecule has 6 nitrogen and oxygen atoms in total. The van der Waals surface area contributed by atoms with Gasteiger partial charge in [0.2, 0.25) is 0 Å². The van der Waals surface area contributed by atoms with E-state index in [9.17, 15) is 14.7 Å². The summed E-state index contributed by atoms with van der Waals surface area (Å²) in [6, 6.07) is 3.63. The number of benzene rings is 1. The van der Waals surface area contributed by atoms with Gasteiger partial charge in [-0.1, -0.05) is 6.07 Å². The molecule has 29 heavy (non-hydrogen) atoms. The molecule has 0 radical (unpaired) electrons. The SMILES string of the molecule is CC(=O)Oc1ccc(C)c2c1O[C@H]1C(=O)CC[C@@]3(O)C[N@@+](C)(CC4CC4)CC[C@]213. The molecular formula is C23H30NO5+. The number of aliphatic hydroxyl groups is 1. The van der Waals surface area contributed by atoms with Gasteiger partial charge in [-0.05, 0) is 37.8 Å². The number of carbonyl (C=O) groups is 2. The smallest absolute Gasteiger partial charge is 0.308 e. The molecule has 3 fully saturated rings. The van der Waals surface area contributed by atoms with Gasteiger partial charge >= 0.3 is 5.97 Å². The van der Waals surface area contributed by atoms with Crippen LogP contribution in [0, 0.1) is 12.8 Å². The van der Waals surface area contributed by atoms with Crippen LogP contribution in [0.1, 0.15) is 50.2 Å². The maximum Gasteiger partial charge on any atom is 0.308 e. The Hall–Kier alpha value is -1.92. The monoisotopic (exact) mass is 400 g/mol. The van der Waals surface area contributed by atoms with Gasteiger partial charge in [0.1, 0.15) is 12.1 Å². The number of carbonyl (C=O) groups excluding carboxylic acids is 2. The fraction of sp³-hybridized carbons (Fsp3) is 0.652. The van der Waals surface area contributed by atoms with Crippen molar-refractivity contribution in [1.82, 2.24) is 0 Å². The Balaban J connectivity index is 1.64. The summed E-state index contributed by atoms with van der Waals surface area (Å²) >= 11 is 0. The lowest BCUT2D eigenvalue weighted by Gasteiger charge is -2.57. The first-order chi connectivity index (χ1) is 13.7. The van der Waals surface area contributed by atoms with Gasteiger partial charge in [-0.2, -0.15) is 0 Å². The second-order valence-electron chi connectivity index (χ2n) is 10.0. The summed E-state index contributed by atoms with van der Waals surface area (Å²) in [7, 11) is 2.24. The minimum atomic E-state index is -1.02. The number of hydrogen-bond donors (Lipinski definition) is 1. The molecule has 0 aromatic heterocycles. The summed E-state index contributed by atoms with van der Waals surface area (Å²) < 4.78 is 12.5. The molecule has 0 unspecified atom stereocenters. The van der Waals surface area contributed by atoms with Crippen molar-refractivity contribution in [3.05, 3.63) is 23.3 Å². The van der Waals surface area contributed by atoms with Crippen LogP contribution in [0.15, 0.2) is 12.1 Å². The first-order valence-corrected chi connectivity index (χ1v) is 10.8. The number of fused-ring (bicyclic) bond motifs is 1. The third-order valence-electron chi connectivity index (χ3n) is 7.71. The molecule has 4 atom stereocenters. The fourth-order valence-corrected chi connectivity index (χ4v) is 6.36. The van der Waals surface area contributed by atoms with Gasteiger partial charge in [-0.25, -0.2) is 0 Å². The van der Waals surface area contributed by atoms with Crippen LogP contribution in [-0.2, 0) is 15.0 Å². The highest BCUT2D eigenvalue weighted by Gasteiger charge is 2.71. The molecule has 4 aliphatic rings. The lowest BCUT2D eigenvalue weighted by molar-refractivity contribution is -0.925. The lowest BCUT2D eigenvalue weighted by atomic mass is 9.54. The zero-order valence-electron chi connectivity index (χ0n) is 17.5. The number of piperidine rings is 1. The number of likely N-dealkylation sites (N-methyl/N-ethyl adjacent to an activating group) is 1. The van der Waals surface area contributed by atoms with E-state index in [2.05, 4.69) is 7.05 Å². The molecule has 2 aliphatic carbocycles. The number of esters is 1. The van der Waals surface area contributed by atoms with Crippen molar-refractivity contribution in [2.24, 2.45) is 5.92 Å². The molecule has 2 heterocycles. The van der Waals surface area contributed by atoms with Gasteiger partial charge in [-0.3, -0.25) is 9.59 Å². The first kappa shape index (κ1) is 19.1. The highest BCUT2D eigenvalue weighted by atomic mass is 16.6. The van der Waals surface area contributed by atoms with Gasteiger partial charge in [0.05, 0.1) is 25.6 Å². The van der Waals surface area contributed by atoms with Gasteiger partial charge in [0.25, 0.3) is 0 Å². The summed E-state index contributed by atoms with van der Waals surface area (Å²) in [6.45, 7) is 5.98. The number of ketones is 1. The maximum atomic E-state index is 13.0. The molecule has 156 valence electrons. The summed E-state index contributed by atoms with van der Waals surface area (Å²) in [6.07, 6.45) is 3.34. The van der Waals surface area contributed by atoms with E-state index in [1.165, 1.54) is 19.8 Å². The van der Waals surface area contributed by atoms with E-state index < -0.39 is 23.1 Å². The molecular weight excluding hydrogens is 370 g/mol. The van der Waals surface area contributed by atoms with E-state index in [4.69, 9.17) is 9.47 Å². The number of rotatable bonds is 3. The van der Waals surface area contributed by atoms with E-state index in [0.29, 0.717) is 37.3 Å². The third-order valence-corrected chi connectivity index (χ3v) is 7.71. The first-order valence-electron chi connectivity index (χ1n) is 10.8. The van der Waals surface area contributed by atoms with Crippen LogP contribution in [0.4, 0.5) is 0 Å². The lowest BCUT2D eigenvalue weighted by Crippen LogP contribution is -2.74. The fourth-order valence-electron chi connectivity index (χ4n) is 6.36. The molecule has 1 aromatic carbocycles. The number of likely N-dealkylation sites (tertiary alicyclic amines) is 1. The van der Waals surface area contributed by atoms with Crippen LogP contribution in [-0.4, -0.2) is 59.7 Å². The average Bonchev–Trinajstić information content (AvgIpc) is 3.35. The van der Waals surface area contributed by atoms with E-state index in [1.54, 1.807) is 6.07 Å². The maximum absolute atomic E-state index is 13.0. The highest BCUT2D eigenvalue weighted by molar-refractivity contribution is 5.89. The van der Waals surface area contributed by atoms with Crippen LogP contribution in [0.25, 0.3) is 0 Å². The molecule has 2 aliphatic heterocycles. The highest BCUT2D eigenvalue weighted by Crippen LogP contribution is 2.61. The summed E-state index contributed by atoms with van der Waals surface area (Å²) in [4.78, 5) is 24.6. The minimum absolute atomic E-state index is 0.0392. The minimum Gasteiger partial charge on any atom is -0.477 e. The van der Waals surface area contributed by atoms with Gasteiger partial charge in [0, 0.05) is 31.2 Å². The second kappa shape index (κ2) is 6.05. The standard InChI is InChI=1S/C23H30NO5/c1-14-4-7-18(28-15(2)25)20-19(14)23-10-11-24(3,12-16-5-6-16)13-22(23,27)9-8-17(26)21(23)29-20/h4,7,16,21,27H,5-6,8-13H2,1-3H3/q+1/t21-,22+,23-,24+/m0/s1. The Labute approximate surface area is 171 Å². The molecule has 1 spiro atoms. The van der Waals surface area contributed by atoms with E-state index >= 15 is 0 Å². The van der Waals surface area contributed by atoms with E-state index in [1.807, 2.05) is 13.0 Å². The molecule has 2 saturated carbocycles. The van der Waals surface area contributed by atoms with Crippen molar-refractivity contribution in [2.75, 3.05) is 26.7 Å². The molecule has 0 amide bonds. The quantitative estimate of drug-likeness (QED) is 0.479. The normalized spacial score (nSPS) is 37.9. The predicted octanol–water partition coefficient (Wildman–Crippen LogP) is 2.27. The van der Waals surface area contributed by atoms with Crippen LogP contribution >= 0.6 is 0 Å². The summed E-state index contributed by atoms with van der Waals surface area (Å²) in [5.41, 5.74) is 0.0664. The zero-order valence-corrected chi connectivity index (χ0v) is 17.5. The summed E-state index contributed by atoms with van der Waals surface area (Å²) in [5, 5.41) is 12.1. The predicted molar refractivity (Wildman–Crippen MR) is 106 cm³/mol. The van der Waals surface area contributed by atoms with Crippen molar-refractivity contribution in [3.8, 4) is 11.5 Å². The van der Waals surface area contributed by atoms with Crippen molar-refractivity contribution < 1.29 is 28.7 Å². The zero-order chi connectivity index (χ0) is 20.6. The number of quaternary nitrogens is 1. The number of aryl methyl sites for hydroxylation is 1. The molecule has 1 N–H and O–H groups in total. The van der Waals surface area contributed by atoms with Crippen molar-refractivity contribution in [3.63, 3.8) is 0 Å². The Kier molecular flexibility index (Phi) is 3.98. The summed E-state index contributed by atoms with van der Waals surface area (Å²) in [5.74, 6) is 1.20. The second-order valence-corrected chi connectivity index (χ2v) is 10.0. The van der Waals surface area contributed by atoms with Crippen LogP contribution in [0.3, 0.4) is 0 Å². The van der Waals surface area contributed by atoms with Gasteiger partial charge in [-0.15, -0.1) is 0 Å². The number of Topliss-reactive ketones (excluding diaryl/α,β-unsaturated/α-hetero) is 1. The van der Waals surface area contributed by atoms with Crippen LogP contribution in [0.5, 0.6) is 11.5 Å². The third kappa shape index (κ3) is 2.68. The number of ether oxygens (including phenoxy) is 2. The van der Waals surface area contributed by atoms with Crippen molar-refractivity contribution in [1.29, 1.82) is 0 Å². The number of hydrogen-bond acceptors (Lipinski definition) is 5. The van der Waals surface area contributed by atoms with Gasteiger partial charge in [0.15, 0.2) is 23.4 Å². The largest absolute Gasteiger partial charge is 0.477 e. The topological polar surface area (TPSA) is 72.8 Å². The van der Waals surface area contributed by atoms with Crippen molar-refractivity contribution in [2.45, 2.75) is 63.1 Å². The number of nitrogens with zero attached hydrogens (tertiary/aromatic N) is 1. The van der Waals surface area contributed by atoms with E-state index in [0.717, 1.165) is 34.6 Å². The average molecular weight is 400 g/mol. The molecule has 5 rings (SSSR count). The van der Waals surface area contributed by atoms with Gasteiger partial charge < -0.3 is 19.1 Å².